The van der Waals surface area contributed by atoms with Gasteiger partial charge in [0.15, 0.2) is 5.78 Å². The van der Waals surface area contributed by atoms with E-state index >= 15 is 0 Å². The Morgan fingerprint density at radius 3 is 2.46 bits per heavy atom. The third kappa shape index (κ3) is 9.31. The van der Waals surface area contributed by atoms with Crippen molar-refractivity contribution in [2.45, 2.75) is 44.6 Å². The minimum absolute atomic E-state index is 0.0430. The number of imidazole rings is 1. The lowest BCUT2D eigenvalue weighted by Crippen LogP contribution is -2.36. The Hall–Kier alpha value is -4.44. The van der Waals surface area contributed by atoms with Crippen molar-refractivity contribution < 1.29 is 33.3 Å². The molecule has 15 heteroatoms. The summed E-state index contributed by atoms with van der Waals surface area (Å²) in [6.07, 6.45) is 5.61. The SMILES string of the molecule is CCc1nc(C)sc1C(=O)Cc1nc2cc(C(=O)OC)cc(OC)c2n1C/C=C/CNc1c(N)cc(C(=O)OC)cc1SCCCN1CCOCC1. The number of nitrogen functional groups attached to an aromatic ring is 1. The van der Waals surface area contributed by atoms with Crippen molar-refractivity contribution in [1.29, 1.82) is 0 Å². The normalized spacial score (nSPS) is 13.5. The van der Waals surface area contributed by atoms with Crippen molar-refractivity contribution in [3.8, 4) is 5.75 Å². The average Bonchev–Trinajstić information content (AvgIpc) is 3.72. The fourth-order valence-corrected chi connectivity index (χ4v) is 8.03. The topological polar surface area (TPSA) is 160 Å². The van der Waals surface area contributed by atoms with Gasteiger partial charge in [0.2, 0.25) is 0 Å². The largest absolute Gasteiger partial charge is 0.494 e. The molecule has 0 atom stereocenters. The number of aryl methyl sites for hydroxylation is 2. The monoisotopic (exact) mass is 750 g/mol. The van der Waals surface area contributed by atoms with Crippen LogP contribution in [0, 0.1) is 6.92 Å². The Labute approximate surface area is 311 Å². The third-order valence-electron chi connectivity index (χ3n) is 8.62. The van der Waals surface area contributed by atoms with E-state index in [-0.39, 0.29) is 12.2 Å². The summed E-state index contributed by atoms with van der Waals surface area (Å²) in [5, 5.41) is 4.27. The Bertz CT molecular complexity index is 1930. The van der Waals surface area contributed by atoms with E-state index in [0.29, 0.717) is 63.8 Å². The van der Waals surface area contributed by atoms with Crippen LogP contribution in [-0.4, -0.2) is 104 Å². The standard InChI is InChI=1S/C37H46N6O7S2/c1-6-27-35(52-23(2)40-27)29(44)22-32-41-28-19-25(37(46)49-5)20-30(47-3)34(28)43(32)12-8-7-10-39-33-26(38)18-24(36(45)48-4)21-31(33)51-17-9-11-42-13-15-50-16-14-42/h7-8,18-21,39H,6,9-17,22,38H2,1-5H3/b8-7+. The van der Waals surface area contributed by atoms with Crippen molar-refractivity contribution in [2.75, 3.05) is 77.5 Å². The molecular formula is C37H46N6O7S2. The number of ether oxygens (including phenoxy) is 4. The molecule has 0 amide bonds. The predicted molar refractivity (Wildman–Crippen MR) is 204 cm³/mol. The number of carbonyl (C=O) groups is 3. The molecule has 0 unspecified atom stereocenters. The first kappa shape index (κ1) is 38.8. The molecule has 2 aromatic heterocycles. The molecule has 0 radical (unpaired) electrons. The van der Waals surface area contributed by atoms with Crippen LogP contribution in [0.1, 0.15) is 60.3 Å². The van der Waals surface area contributed by atoms with E-state index in [1.165, 1.54) is 32.7 Å². The number of anilines is 2. The molecule has 1 fully saturated rings. The van der Waals surface area contributed by atoms with Crippen LogP contribution in [0.15, 0.2) is 41.3 Å². The van der Waals surface area contributed by atoms with Crippen molar-refractivity contribution in [2.24, 2.45) is 0 Å². The number of hydrogen-bond acceptors (Lipinski definition) is 14. The van der Waals surface area contributed by atoms with E-state index in [2.05, 4.69) is 15.2 Å². The first-order valence-electron chi connectivity index (χ1n) is 17.2. The number of allylic oxidation sites excluding steroid dienone is 1. The van der Waals surface area contributed by atoms with Gasteiger partial charge in [-0.1, -0.05) is 19.1 Å². The zero-order chi connectivity index (χ0) is 37.2. The number of ketones is 1. The lowest BCUT2D eigenvalue weighted by atomic mass is 10.1. The zero-order valence-electron chi connectivity index (χ0n) is 30.3. The second-order valence-electron chi connectivity index (χ2n) is 12.1. The smallest absolute Gasteiger partial charge is 0.338 e. The summed E-state index contributed by atoms with van der Waals surface area (Å²) in [6, 6.07) is 6.71. The summed E-state index contributed by atoms with van der Waals surface area (Å²) in [7, 11) is 4.20. The maximum absolute atomic E-state index is 13.6. The lowest BCUT2D eigenvalue weighted by Gasteiger charge is -2.26. The van der Waals surface area contributed by atoms with Crippen LogP contribution in [0.2, 0.25) is 0 Å². The molecule has 3 N–H and O–H groups in total. The summed E-state index contributed by atoms with van der Waals surface area (Å²) >= 11 is 3.03. The highest BCUT2D eigenvalue weighted by atomic mass is 32.2. The van der Waals surface area contributed by atoms with Gasteiger partial charge in [0, 0.05) is 31.1 Å². The molecule has 1 saturated heterocycles. The maximum Gasteiger partial charge on any atom is 0.338 e. The second-order valence-corrected chi connectivity index (χ2v) is 14.4. The van der Waals surface area contributed by atoms with Gasteiger partial charge in [-0.15, -0.1) is 23.1 Å². The minimum atomic E-state index is -0.514. The van der Waals surface area contributed by atoms with Crippen LogP contribution < -0.4 is 15.8 Å². The van der Waals surface area contributed by atoms with Gasteiger partial charge in [-0.05, 0) is 56.3 Å². The first-order chi connectivity index (χ1) is 25.2. The molecule has 13 nitrogen and oxygen atoms in total. The van der Waals surface area contributed by atoms with E-state index in [1.54, 1.807) is 30.0 Å². The van der Waals surface area contributed by atoms with Gasteiger partial charge in [-0.3, -0.25) is 9.69 Å². The number of thiazole rings is 1. The van der Waals surface area contributed by atoms with Crippen LogP contribution in [-0.2, 0) is 33.6 Å². The van der Waals surface area contributed by atoms with Gasteiger partial charge in [0.1, 0.15) is 17.1 Å². The van der Waals surface area contributed by atoms with E-state index in [9.17, 15) is 14.4 Å². The van der Waals surface area contributed by atoms with Crippen LogP contribution >= 0.6 is 23.1 Å². The van der Waals surface area contributed by atoms with Gasteiger partial charge in [-0.25, -0.2) is 19.6 Å². The molecule has 52 heavy (non-hydrogen) atoms. The number of nitrogens with one attached hydrogen (secondary N) is 1. The number of carbonyl (C=O) groups excluding carboxylic acids is 3. The lowest BCUT2D eigenvalue weighted by molar-refractivity contribution is 0.0381. The number of aromatic nitrogens is 3. The molecule has 0 aliphatic carbocycles. The highest BCUT2D eigenvalue weighted by Crippen LogP contribution is 2.35. The van der Waals surface area contributed by atoms with Gasteiger partial charge in [0.05, 0.1) is 84.6 Å². The van der Waals surface area contributed by atoms with E-state index in [4.69, 9.17) is 29.7 Å². The number of morpholine rings is 1. The van der Waals surface area contributed by atoms with Crippen LogP contribution in [0.5, 0.6) is 5.75 Å². The Morgan fingerprint density at radius 1 is 1.04 bits per heavy atom. The maximum atomic E-state index is 13.6. The molecule has 2 aromatic carbocycles. The average molecular weight is 751 g/mol. The quantitative estimate of drug-likeness (QED) is 0.0351. The molecular weight excluding hydrogens is 705 g/mol. The summed E-state index contributed by atoms with van der Waals surface area (Å²) in [6.45, 7) is 9.06. The number of rotatable bonds is 17. The number of nitrogens with zero attached hydrogens (tertiary/aromatic N) is 4. The summed E-state index contributed by atoms with van der Waals surface area (Å²) in [4.78, 5) is 51.7. The Morgan fingerprint density at radius 2 is 1.77 bits per heavy atom. The number of Topliss-reactive ketones (excluding diaryl/α,β-unsaturated/α-hetero) is 1. The molecule has 3 heterocycles. The fraction of sp³-hybridized carbons (Fsp3) is 0.432. The molecule has 5 rings (SSSR count). The molecule has 0 saturated carbocycles. The van der Waals surface area contributed by atoms with Crippen molar-refractivity contribution >= 4 is 63.2 Å². The van der Waals surface area contributed by atoms with Gasteiger partial charge in [0.25, 0.3) is 0 Å². The summed E-state index contributed by atoms with van der Waals surface area (Å²) in [5.74, 6) is 0.788. The van der Waals surface area contributed by atoms with Gasteiger partial charge >= 0.3 is 11.9 Å². The molecule has 4 aromatic rings. The van der Waals surface area contributed by atoms with Crippen molar-refractivity contribution in [1.82, 2.24) is 19.4 Å². The van der Waals surface area contributed by atoms with E-state index in [0.717, 1.165) is 66.3 Å². The first-order valence-corrected chi connectivity index (χ1v) is 19.0. The number of hydrogen-bond donors (Lipinski definition) is 2. The fourth-order valence-electron chi connectivity index (χ4n) is 6.05. The molecule has 278 valence electrons. The Balaban J connectivity index is 1.36. The highest BCUT2D eigenvalue weighted by molar-refractivity contribution is 7.99. The van der Waals surface area contributed by atoms with Gasteiger partial charge < -0.3 is 34.6 Å². The number of benzene rings is 2. The molecule has 1 aliphatic rings. The number of methoxy groups -OCH3 is 3. The van der Waals surface area contributed by atoms with Crippen molar-refractivity contribution in [3.63, 3.8) is 0 Å². The number of thioether (sulfide) groups is 1. The molecule has 1 aliphatic heterocycles. The zero-order valence-corrected chi connectivity index (χ0v) is 31.9. The van der Waals surface area contributed by atoms with Crippen molar-refractivity contribution in [3.05, 3.63) is 68.9 Å². The van der Waals surface area contributed by atoms with Crippen LogP contribution in [0.4, 0.5) is 11.4 Å². The summed E-state index contributed by atoms with van der Waals surface area (Å²) in [5.41, 5.74) is 10.3. The third-order valence-corrected chi connectivity index (χ3v) is 10.8. The number of esters is 2. The van der Waals surface area contributed by atoms with E-state index in [1.807, 2.05) is 36.6 Å². The Kier molecular flexibility index (Phi) is 13.7. The minimum Gasteiger partial charge on any atom is -0.494 e. The number of fused-ring (bicyclic) bond motifs is 1. The molecule has 0 bridgehead atoms. The summed E-state index contributed by atoms with van der Waals surface area (Å²) < 4.78 is 23.0. The number of nitrogens with two attached hydrogens (primary N) is 1. The van der Waals surface area contributed by atoms with Gasteiger partial charge in [-0.2, -0.15) is 0 Å². The van der Waals surface area contributed by atoms with E-state index < -0.39 is 11.9 Å². The van der Waals surface area contributed by atoms with Crippen LogP contribution in [0.3, 0.4) is 0 Å². The highest BCUT2D eigenvalue weighted by Gasteiger charge is 2.23. The predicted octanol–water partition coefficient (Wildman–Crippen LogP) is 5.44. The second kappa shape index (κ2) is 18.4. The molecule has 0 spiro atoms. The van der Waals surface area contributed by atoms with Crippen LogP contribution in [0.25, 0.3) is 11.0 Å².